The van der Waals surface area contributed by atoms with E-state index in [2.05, 4.69) is 21.1 Å². The van der Waals surface area contributed by atoms with E-state index in [0.717, 1.165) is 5.76 Å². The molecule has 0 saturated heterocycles. The molecule has 2 rings (SSSR count). The van der Waals surface area contributed by atoms with Gasteiger partial charge in [-0.2, -0.15) is 0 Å². The number of hydrogen-bond acceptors (Lipinski definition) is 3. The van der Waals surface area contributed by atoms with Crippen LogP contribution in [0.4, 0.5) is 5.69 Å². The molecule has 0 amide bonds. The maximum Gasteiger partial charge on any atom is 0.172 e. The summed E-state index contributed by atoms with van der Waals surface area (Å²) in [5.41, 5.74) is 6.31. The molecule has 10 heavy (non-hydrogen) atoms. The van der Waals surface area contributed by atoms with E-state index in [1.54, 1.807) is 0 Å². The van der Waals surface area contributed by atoms with E-state index < -0.39 is 0 Å². The van der Waals surface area contributed by atoms with Gasteiger partial charge in [0.15, 0.2) is 10.4 Å². The molecule has 3 nitrogen and oxygen atoms in total. The first-order valence-corrected chi connectivity index (χ1v) is 3.99. The quantitative estimate of drug-likeness (QED) is 0.758. The molecule has 0 radical (unpaired) electrons. The fourth-order valence-corrected chi connectivity index (χ4v) is 1.20. The zero-order valence-corrected chi connectivity index (χ0v) is 6.89. The Morgan fingerprint density at radius 2 is 2.30 bits per heavy atom. The Labute approximate surface area is 66.7 Å². The molecule has 0 aliphatic heterocycles. The molecule has 1 aliphatic rings. The average molecular weight is 203 g/mol. The minimum absolute atomic E-state index is 0.541. The van der Waals surface area contributed by atoms with Gasteiger partial charge in [-0.1, -0.05) is 5.16 Å². The molecule has 1 heterocycles. The smallest absolute Gasteiger partial charge is 0.172 e. The summed E-state index contributed by atoms with van der Waals surface area (Å²) in [4.78, 5) is 0. The number of hydrogen-bond donors (Lipinski definition) is 1. The van der Waals surface area contributed by atoms with Crippen molar-refractivity contribution in [1.82, 2.24) is 5.16 Å². The van der Waals surface area contributed by atoms with E-state index in [1.807, 2.05) is 0 Å². The summed E-state index contributed by atoms with van der Waals surface area (Å²) in [5.74, 6) is 1.39. The van der Waals surface area contributed by atoms with Crippen molar-refractivity contribution >= 4 is 21.6 Å². The SMILES string of the molecule is Nc1c(Br)noc1C1CC1. The van der Waals surface area contributed by atoms with Gasteiger partial charge in [0.2, 0.25) is 0 Å². The molecule has 0 aromatic carbocycles. The number of anilines is 1. The van der Waals surface area contributed by atoms with Gasteiger partial charge in [0, 0.05) is 5.92 Å². The standard InChI is InChI=1S/C6H7BrN2O/c7-6-4(8)5(10-9-6)3-1-2-3/h3H,1-2,8H2. The van der Waals surface area contributed by atoms with E-state index in [0.29, 0.717) is 16.2 Å². The first-order chi connectivity index (χ1) is 4.79. The van der Waals surface area contributed by atoms with Crippen LogP contribution in [0, 0.1) is 0 Å². The predicted molar refractivity (Wildman–Crippen MR) is 40.6 cm³/mol. The van der Waals surface area contributed by atoms with Crippen LogP contribution in [-0.4, -0.2) is 5.16 Å². The monoisotopic (exact) mass is 202 g/mol. The summed E-state index contributed by atoms with van der Waals surface area (Å²) in [6.45, 7) is 0. The summed E-state index contributed by atoms with van der Waals surface area (Å²) in [7, 11) is 0. The van der Waals surface area contributed by atoms with Gasteiger partial charge in [-0.3, -0.25) is 0 Å². The van der Waals surface area contributed by atoms with E-state index in [4.69, 9.17) is 10.3 Å². The second kappa shape index (κ2) is 1.99. The molecular formula is C6H7BrN2O. The van der Waals surface area contributed by atoms with Gasteiger partial charge in [0.1, 0.15) is 5.69 Å². The average Bonchev–Trinajstić information content (AvgIpc) is 2.67. The van der Waals surface area contributed by atoms with Crippen LogP contribution in [0.25, 0.3) is 0 Å². The summed E-state index contributed by atoms with van der Waals surface area (Å²) in [6, 6.07) is 0. The molecule has 1 fully saturated rings. The van der Waals surface area contributed by atoms with Crippen LogP contribution in [-0.2, 0) is 0 Å². The molecular weight excluding hydrogens is 196 g/mol. The van der Waals surface area contributed by atoms with Crippen molar-refractivity contribution in [2.45, 2.75) is 18.8 Å². The third kappa shape index (κ3) is 0.831. The lowest BCUT2D eigenvalue weighted by Crippen LogP contribution is -1.86. The van der Waals surface area contributed by atoms with Crippen molar-refractivity contribution in [1.29, 1.82) is 0 Å². The molecule has 4 heteroatoms. The van der Waals surface area contributed by atoms with Crippen molar-refractivity contribution in [3.8, 4) is 0 Å². The molecule has 0 atom stereocenters. The van der Waals surface area contributed by atoms with Crippen molar-refractivity contribution in [3.63, 3.8) is 0 Å². The molecule has 54 valence electrons. The summed E-state index contributed by atoms with van der Waals surface area (Å²) in [6.07, 6.45) is 2.37. The number of rotatable bonds is 1. The fraction of sp³-hybridized carbons (Fsp3) is 0.500. The van der Waals surface area contributed by atoms with Crippen molar-refractivity contribution < 1.29 is 4.52 Å². The minimum atomic E-state index is 0.541. The number of aromatic nitrogens is 1. The van der Waals surface area contributed by atoms with Gasteiger partial charge in [0.25, 0.3) is 0 Å². The first-order valence-electron chi connectivity index (χ1n) is 3.19. The number of nitrogens with two attached hydrogens (primary N) is 1. The Balaban J connectivity index is 2.40. The molecule has 0 unspecified atom stereocenters. The fourth-order valence-electron chi connectivity index (χ4n) is 0.929. The van der Waals surface area contributed by atoms with Gasteiger partial charge in [0.05, 0.1) is 0 Å². The number of halogens is 1. The van der Waals surface area contributed by atoms with Gasteiger partial charge >= 0.3 is 0 Å². The van der Waals surface area contributed by atoms with E-state index >= 15 is 0 Å². The van der Waals surface area contributed by atoms with Crippen LogP contribution in [0.1, 0.15) is 24.5 Å². The molecule has 2 N–H and O–H groups in total. The normalized spacial score (nSPS) is 17.7. The van der Waals surface area contributed by atoms with Crippen LogP contribution in [0.2, 0.25) is 0 Å². The Morgan fingerprint density at radius 3 is 2.70 bits per heavy atom. The molecule has 0 spiro atoms. The van der Waals surface area contributed by atoms with Crippen molar-refractivity contribution in [2.75, 3.05) is 5.73 Å². The molecule has 1 aliphatic carbocycles. The van der Waals surface area contributed by atoms with E-state index in [-0.39, 0.29) is 0 Å². The van der Waals surface area contributed by atoms with Gasteiger partial charge < -0.3 is 10.3 Å². The van der Waals surface area contributed by atoms with E-state index in [1.165, 1.54) is 12.8 Å². The Kier molecular flexibility index (Phi) is 1.23. The maximum atomic E-state index is 5.64. The van der Waals surface area contributed by atoms with E-state index in [9.17, 15) is 0 Å². The van der Waals surface area contributed by atoms with Crippen LogP contribution in [0.3, 0.4) is 0 Å². The Bertz CT molecular complexity index is 254. The Morgan fingerprint density at radius 1 is 1.60 bits per heavy atom. The lowest BCUT2D eigenvalue weighted by atomic mass is 10.3. The molecule has 1 aromatic rings. The lowest BCUT2D eigenvalue weighted by molar-refractivity contribution is 0.381. The second-order valence-corrected chi connectivity index (χ2v) is 3.28. The van der Waals surface area contributed by atoms with Crippen LogP contribution in [0.5, 0.6) is 0 Å². The van der Waals surface area contributed by atoms with Crippen LogP contribution in [0.15, 0.2) is 9.13 Å². The first kappa shape index (κ1) is 6.22. The number of nitrogen functional groups attached to an aromatic ring is 1. The summed E-state index contributed by atoms with van der Waals surface area (Å²) < 4.78 is 5.63. The summed E-state index contributed by atoms with van der Waals surface area (Å²) in [5, 5.41) is 3.69. The maximum absolute atomic E-state index is 5.64. The van der Waals surface area contributed by atoms with Crippen molar-refractivity contribution in [3.05, 3.63) is 10.4 Å². The zero-order valence-electron chi connectivity index (χ0n) is 5.30. The van der Waals surface area contributed by atoms with Gasteiger partial charge in [-0.15, -0.1) is 0 Å². The second-order valence-electron chi connectivity index (χ2n) is 2.53. The highest BCUT2D eigenvalue weighted by Crippen LogP contribution is 2.44. The molecule has 0 bridgehead atoms. The third-order valence-corrected chi connectivity index (χ3v) is 2.23. The lowest BCUT2D eigenvalue weighted by Gasteiger charge is -1.88. The predicted octanol–water partition coefficient (Wildman–Crippen LogP) is 1.90. The van der Waals surface area contributed by atoms with Gasteiger partial charge in [-0.25, -0.2) is 0 Å². The number of nitrogens with zero attached hydrogens (tertiary/aromatic N) is 1. The largest absolute Gasteiger partial charge is 0.394 e. The van der Waals surface area contributed by atoms with Crippen LogP contribution >= 0.6 is 15.9 Å². The Hall–Kier alpha value is -0.510. The topological polar surface area (TPSA) is 52.0 Å². The molecule has 1 aromatic heterocycles. The summed E-state index contributed by atoms with van der Waals surface area (Å²) >= 11 is 3.18. The van der Waals surface area contributed by atoms with Crippen LogP contribution < -0.4 is 5.73 Å². The third-order valence-electron chi connectivity index (χ3n) is 1.66. The highest BCUT2D eigenvalue weighted by molar-refractivity contribution is 9.10. The highest BCUT2D eigenvalue weighted by Gasteiger charge is 2.30. The zero-order chi connectivity index (χ0) is 7.14. The van der Waals surface area contributed by atoms with Gasteiger partial charge in [-0.05, 0) is 28.8 Å². The minimum Gasteiger partial charge on any atom is -0.394 e. The highest BCUT2D eigenvalue weighted by atomic mass is 79.9. The van der Waals surface area contributed by atoms with Crippen molar-refractivity contribution in [2.24, 2.45) is 0 Å². The molecule has 1 saturated carbocycles.